The highest BCUT2D eigenvalue weighted by Crippen LogP contribution is 2.32. The number of nitrogens with one attached hydrogen (secondary N) is 1. The number of amides is 1. The summed E-state index contributed by atoms with van der Waals surface area (Å²) in [6.45, 7) is 8.01. The van der Waals surface area contributed by atoms with E-state index in [1.165, 1.54) is 36.0 Å². The third-order valence-corrected chi connectivity index (χ3v) is 7.33. The van der Waals surface area contributed by atoms with E-state index in [1.54, 1.807) is 31.2 Å². The molecule has 3 rings (SSSR count). The molecule has 0 atom stereocenters. The first-order chi connectivity index (χ1) is 17.0. The van der Waals surface area contributed by atoms with Crippen LogP contribution < -0.4 is 14.5 Å². The van der Waals surface area contributed by atoms with Crippen molar-refractivity contribution in [1.82, 2.24) is 5.43 Å². The van der Waals surface area contributed by atoms with Crippen LogP contribution in [0.15, 0.2) is 82.8 Å². The Morgan fingerprint density at radius 3 is 2.28 bits per heavy atom. The van der Waals surface area contributed by atoms with Gasteiger partial charge in [0.1, 0.15) is 12.3 Å². The van der Waals surface area contributed by atoms with Gasteiger partial charge < -0.3 is 4.74 Å². The van der Waals surface area contributed by atoms with Gasteiger partial charge in [-0.15, -0.1) is 0 Å². The van der Waals surface area contributed by atoms with Gasteiger partial charge in [-0.2, -0.15) is 5.10 Å². The van der Waals surface area contributed by atoms with E-state index in [2.05, 4.69) is 31.3 Å². The first kappa shape index (κ1) is 27.2. The molecule has 0 fully saturated rings. The second-order valence-electron chi connectivity index (χ2n) is 9.03. The fraction of sp³-hybridized carbons (Fsp3) is 0.259. The van der Waals surface area contributed by atoms with E-state index in [9.17, 15) is 13.2 Å². The number of carbonyl (C=O) groups is 1. The highest BCUT2D eigenvalue weighted by atomic mass is 35.5. The number of rotatable bonds is 9. The quantitative estimate of drug-likeness (QED) is 0.299. The Kier molecular flexibility index (Phi) is 8.76. The van der Waals surface area contributed by atoms with E-state index >= 15 is 0 Å². The van der Waals surface area contributed by atoms with Gasteiger partial charge in [0.2, 0.25) is 0 Å². The Morgan fingerprint density at radius 2 is 1.67 bits per heavy atom. The van der Waals surface area contributed by atoms with E-state index < -0.39 is 22.5 Å². The lowest BCUT2D eigenvalue weighted by atomic mass is 9.87. The standard InChI is InChI=1S/C27H30ClN3O4S/c1-5-35-25-9-7-6-8-24(25)31(36(33,34)23-16-14-22(28)15-17-23)19-26(32)30-29-18-20-10-12-21(13-11-20)27(2,3)4/h6-18H,5,19H2,1-4H3,(H,30,32)/b29-18-. The smallest absolute Gasteiger partial charge is 0.264 e. The van der Waals surface area contributed by atoms with Gasteiger partial charge in [-0.05, 0) is 59.9 Å². The van der Waals surface area contributed by atoms with Gasteiger partial charge in [0.05, 0.1) is 23.4 Å². The molecule has 190 valence electrons. The van der Waals surface area contributed by atoms with Crippen LogP contribution in [-0.4, -0.2) is 33.7 Å². The molecule has 0 aliphatic carbocycles. The second-order valence-corrected chi connectivity index (χ2v) is 11.3. The third-order valence-electron chi connectivity index (χ3n) is 5.30. The van der Waals surface area contributed by atoms with Gasteiger partial charge in [0.15, 0.2) is 0 Å². The number of hydrogen-bond acceptors (Lipinski definition) is 5. The number of nitrogens with zero attached hydrogens (tertiary/aromatic N) is 2. The van der Waals surface area contributed by atoms with Gasteiger partial charge in [0, 0.05) is 5.02 Å². The van der Waals surface area contributed by atoms with Crippen LogP contribution in [0, 0.1) is 0 Å². The van der Waals surface area contributed by atoms with Gasteiger partial charge in [0.25, 0.3) is 15.9 Å². The summed E-state index contributed by atoms with van der Waals surface area (Å²) in [6, 6.07) is 20.2. The number of ether oxygens (including phenoxy) is 1. The number of para-hydroxylation sites is 2. The Bertz CT molecular complexity index is 1320. The normalized spacial score (nSPS) is 11.9. The van der Waals surface area contributed by atoms with E-state index in [1.807, 2.05) is 24.3 Å². The van der Waals surface area contributed by atoms with E-state index in [4.69, 9.17) is 16.3 Å². The van der Waals surface area contributed by atoms with Crippen molar-refractivity contribution in [3.05, 3.63) is 88.9 Å². The number of anilines is 1. The maximum absolute atomic E-state index is 13.6. The van der Waals surface area contributed by atoms with Crippen molar-refractivity contribution < 1.29 is 17.9 Å². The molecule has 0 radical (unpaired) electrons. The van der Waals surface area contributed by atoms with Crippen LogP contribution in [0.3, 0.4) is 0 Å². The zero-order valence-electron chi connectivity index (χ0n) is 20.7. The third kappa shape index (κ3) is 6.86. The molecule has 9 heteroatoms. The van der Waals surface area contributed by atoms with Crippen LogP contribution in [0.1, 0.15) is 38.8 Å². The summed E-state index contributed by atoms with van der Waals surface area (Å²) in [5.74, 6) is -0.269. The monoisotopic (exact) mass is 527 g/mol. The average molecular weight is 528 g/mol. The fourth-order valence-corrected chi connectivity index (χ4v) is 4.95. The van der Waals surface area contributed by atoms with Crippen molar-refractivity contribution >= 4 is 39.4 Å². The number of hydrazone groups is 1. The molecule has 3 aromatic carbocycles. The Hall–Kier alpha value is -3.36. The van der Waals surface area contributed by atoms with E-state index in [0.29, 0.717) is 17.4 Å². The van der Waals surface area contributed by atoms with Crippen LogP contribution in [0.4, 0.5) is 5.69 Å². The topological polar surface area (TPSA) is 88.1 Å². The summed E-state index contributed by atoms with van der Waals surface area (Å²) in [5.41, 5.74) is 4.67. The average Bonchev–Trinajstić information content (AvgIpc) is 2.83. The molecule has 0 saturated carbocycles. The lowest BCUT2D eigenvalue weighted by molar-refractivity contribution is -0.119. The summed E-state index contributed by atoms with van der Waals surface area (Å²) in [4.78, 5) is 12.8. The number of benzene rings is 3. The van der Waals surface area contributed by atoms with Crippen molar-refractivity contribution in [2.45, 2.75) is 38.0 Å². The molecular weight excluding hydrogens is 498 g/mol. The van der Waals surface area contributed by atoms with Crippen LogP contribution >= 0.6 is 11.6 Å². The van der Waals surface area contributed by atoms with Crippen molar-refractivity contribution in [2.24, 2.45) is 5.10 Å². The SMILES string of the molecule is CCOc1ccccc1N(CC(=O)N/N=C\c1ccc(C(C)(C)C)cc1)S(=O)(=O)c1ccc(Cl)cc1. The molecule has 0 aliphatic rings. The molecule has 0 spiro atoms. The molecule has 36 heavy (non-hydrogen) atoms. The highest BCUT2D eigenvalue weighted by molar-refractivity contribution is 7.92. The largest absolute Gasteiger partial charge is 0.492 e. The van der Waals surface area contributed by atoms with Crippen molar-refractivity contribution in [1.29, 1.82) is 0 Å². The van der Waals surface area contributed by atoms with Gasteiger partial charge in [-0.25, -0.2) is 13.8 Å². The predicted octanol–water partition coefficient (Wildman–Crippen LogP) is 5.38. The molecule has 0 heterocycles. The number of carbonyl (C=O) groups excluding carboxylic acids is 1. The summed E-state index contributed by atoms with van der Waals surface area (Å²) in [6.07, 6.45) is 1.51. The maximum atomic E-state index is 13.6. The minimum Gasteiger partial charge on any atom is -0.492 e. The summed E-state index contributed by atoms with van der Waals surface area (Å²) in [5, 5.41) is 4.41. The van der Waals surface area contributed by atoms with Crippen LogP contribution in [0.5, 0.6) is 5.75 Å². The maximum Gasteiger partial charge on any atom is 0.264 e. The summed E-state index contributed by atoms with van der Waals surface area (Å²) in [7, 11) is -4.12. The molecule has 0 saturated heterocycles. The molecule has 3 aromatic rings. The minimum absolute atomic E-state index is 0.00607. The second kappa shape index (κ2) is 11.6. The molecule has 0 bridgehead atoms. The molecular formula is C27H30ClN3O4S. The van der Waals surface area contributed by atoms with Gasteiger partial charge >= 0.3 is 0 Å². The lowest BCUT2D eigenvalue weighted by Crippen LogP contribution is -2.39. The van der Waals surface area contributed by atoms with Crippen LogP contribution in [0.25, 0.3) is 0 Å². The van der Waals surface area contributed by atoms with Crippen LogP contribution in [-0.2, 0) is 20.2 Å². The number of hydrogen-bond donors (Lipinski definition) is 1. The van der Waals surface area contributed by atoms with Gasteiger partial charge in [-0.1, -0.05) is 68.8 Å². The van der Waals surface area contributed by atoms with E-state index in [-0.39, 0.29) is 16.0 Å². The lowest BCUT2D eigenvalue weighted by Gasteiger charge is -2.25. The fourth-order valence-electron chi connectivity index (χ4n) is 3.39. The highest BCUT2D eigenvalue weighted by Gasteiger charge is 2.29. The Morgan fingerprint density at radius 1 is 1.03 bits per heavy atom. The molecule has 1 N–H and O–H groups in total. The molecule has 7 nitrogen and oxygen atoms in total. The molecule has 0 unspecified atom stereocenters. The van der Waals surface area contributed by atoms with Crippen LogP contribution in [0.2, 0.25) is 5.02 Å². The zero-order valence-corrected chi connectivity index (χ0v) is 22.3. The first-order valence-electron chi connectivity index (χ1n) is 11.4. The Labute approximate surface area is 217 Å². The number of halogens is 1. The molecule has 0 aliphatic heterocycles. The predicted molar refractivity (Wildman–Crippen MR) is 144 cm³/mol. The van der Waals surface area contributed by atoms with Gasteiger partial charge in [-0.3, -0.25) is 9.10 Å². The molecule has 1 amide bonds. The number of sulfonamides is 1. The Balaban J connectivity index is 1.84. The van der Waals surface area contributed by atoms with Crippen molar-refractivity contribution in [3.63, 3.8) is 0 Å². The van der Waals surface area contributed by atoms with Crippen molar-refractivity contribution in [3.8, 4) is 5.75 Å². The zero-order chi connectivity index (χ0) is 26.3. The minimum atomic E-state index is -4.12. The summed E-state index contributed by atoms with van der Waals surface area (Å²) >= 11 is 5.94. The van der Waals surface area contributed by atoms with Crippen molar-refractivity contribution in [2.75, 3.05) is 17.5 Å². The molecule has 0 aromatic heterocycles. The van der Waals surface area contributed by atoms with E-state index in [0.717, 1.165) is 9.87 Å². The first-order valence-corrected chi connectivity index (χ1v) is 13.3. The summed E-state index contributed by atoms with van der Waals surface area (Å²) < 4.78 is 33.7.